The van der Waals surface area contributed by atoms with E-state index in [1.54, 1.807) is 14.2 Å². The van der Waals surface area contributed by atoms with Gasteiger partial charge in [-0.1, -0.05) is 42.5 Å². The molecule has 132 valence electrons. The predicted octanol–water partition coefficient (Wildman–Crippen LogP) is 4.03. The summed E-state index contributed by atoms with van der Waals surface area (Å²) in [7, 11) is 3.24. The molecule has 0 heterocycles. The maximum absolute atomic E-state index is 11.6. The average Bonchev–Trinajstić information content (AvgIpc) is 2.67. The first-order valence-corrected chi connectivity index (χ1v) is 8.06. The Morgan fingerprint density at radius 2 is 1.88 bits per heavy atom. The molecule has 5 heteroatoms. The van der Waals surface area contributed by atoms with Crippen LogP contribution in [-0.2, 0) is 11.3 Å². The van der Waals surface area contributed by atoms with Crippen LogP contribution in [0.25, 0.3) is 6.08 Å². The topological polar surface area (TPSA) is 56.8 Å². The molecule has 0 aliphatic heterocycles. The zero-order valence-corrected chi connectivity index (χ0v) is 14.5. The Morgan fingerprint density at radius 3 is 2.60 bits per heavy atom. The number of nitrogens with one attached hydrogen (secondary N) is 1. The van der Waals surface area contributed by atoms with Crippen molar-refractivity contribution in [3.63, 3.8) is 0 Å². The minimum Gasteiger partial charge on any atom is -0.497 e. The van der Waals surface area contributed by atoms with Gasteiger partial charge >= 0.3 is 6.09 Å². The third-order valence-electron chi connectivity index (χ3n) is 3.53. The molecule has 5 nitrogen and oxygen atoms in total. The van der Waals surface area contributed by atoms with Gasteiger partial charge in [-0.2, -0.15) is 0 Å². The van der Waals surface area contributed by atoms with Crippen molar-refractivity contribution in [2.45, 2.75) is 13.0 Å². The molecule has 1 amide bonds. The molecule has 0 radical (unpaired) electrons. The van der Waals surface area contributed by atoms with Crippen molar-refractivity contribution < 1.29 is 19.0 Å². The lowest BCUT2D eigenvalue weighted by atomic mass is 10.1. The van der Waals surface area contributed by atoms with Crippen molar-refractivity contribution in [3.8, 4) is 11.5 Å². The Morgan fingerprint density at radius 1 is 1.08 bits per heavy atom. The van der Waals surface area contributed by atoms with Crippen LogP contribution >= 0.6 is 0 Å². The van der Waals surface area contributed by atoms with E-state index in [-0.39, 0.29) is 6.61 Å². The standard InChI is InChI=1S/C20H23NO4/c1-23-18-12-11-17(19(14-18)24-2)10-6-7-13-21-20(22)25-15-16-8-4-3-5-9-16/h3-6,8-12,14H,7,13,15H2,1-2H3,(H,21,22). The van der Waals surface area contributed by atoms with Gasteiger partial charge in [0.25, 0.3) is 0 Å². The molecule has 1 N–H and O–H groups in total. The van der Waals surface area contributed by atoms with Crippen LogP contribution in [0.3, 0.4) is 0 Å². The zero-order chi connectivity index (χ0) is 17.9. The third-order valence-corrected chi connectivity index (χ3v) is 3.53. The Kier molecular flexibility index (Phi) is 7.38. The van der Waals surface area contributed by atoms with E-state index in [1.165, 1.54) is 0 Å². The molecule has 0 aromatic heterocycles. The van der Waals surface area contributed by atoms with Crippen molar-refractivity contribution in [3.05, 3.63) is 65.7 Å². The molecule has 2 aromatic carbocycles. The van der Waals surface area contributed by atoms with Crippen LogP contribution in [0.5, 0.6) is 11.5 Å². The van der Waals surface area contributed by atoms with Gasteiger partial charge in [-0.3, -0.25) is 0 Å². The quantitative estimate of drug-likeness (QED) is 0.737. The summed E-state index contributed by atoms with van der Waals surface area (Å²) in [4.78, 5) is 11.6. The molecule has 2 aromatic rings. The van der Waals surface area contributed by atoms with Gasteiger partial charge in [0.1, 0.15) is 18.1 Å². The Bertz CT molecular complexity index is 698. The van der Waals surface area contributed by atoms with Crippen LogP contribution in [0.2, 0.25) is 0 Å². The van der Waals surface area contributed by atoms with E-state index in [2.05, 4.69) is 5.32 Å². The van der Waals surface area contributed by atoms with Crippen LogP contribution in [0, 0.1) is 0 Å². The van der Waals surface area contributed by atoms with Crippen LogP contribution in [0.4, 0.5) is 4.79 Å². The maximum atomic E-state index is 11.6. The number of alkyl carbamates (subject to hydrolysis) is 1. The summed E-state index contributed by atoms with van der Waals surface area (Å²) < 4.78 is 15.7. The van der Waals surface area contributed by atoms with Gasteiger partial charge in [0, 0.05) is 18.2 Å². The van der Waals surface area contributed by atoms with E-state index in [0.29, 0.717) is 13.0 Å². The highest BCUT2D eigenvalue weighted by Gasteiger charge is 2.02. The van der Waals surface area contributed by atoms with Crippen molar-refractivity contribution in [2.24, 2.45) is 0 Å². The van der Waals surface area contributed by atoms with E-state index in [0.717, 1.165) is 22.6 Å². The van der Waals surface area contributed by atoms with E-state index in [4.69, 9.17) is 14.2 Å². The van der Waals surface area contributed by atoms with Crippen molar-refractivity contribution in [2.75, 3.05) is 20.8 Å². The van der Waals surface area contributed by atoms with E-state index >= 15 is 0 Å². The lowest BCUT2D eigenvalue weighted by Gasteiger charge is -2.07. The third kappa shape index (κ3) is 6.22. The fourth-order valence-electron chi connectivity index (χ4n) is 2.20. The first-order chi connectivity index (χ1) is 12.2. The summed E-state index contributed by atoms with van der Waals surface area (Å²) in [5, 5.41) is 2.72. The molecule has 0 aliphatic rings. The molecule has 2 rings (SSSR count). The highest BCUT2D eigenvalue weighted by Crippen LogP contribution is 2.25. The Labute approximate surface area is 148 Å². The molecule has 0 spiro atoms. The molecule has 0 unspecified atom stereocenters. The number of rotatable bonds is 8. The molecule has 0 aliphatic carbocycles. The van der Waals surface area contributed by atoms with Gasteiger partial charge in [0.05, 0.1) is 14.2 Å². The number of carbonyl (C=O) groups excluding carboxylic acids is 1. The smallest absolute Gasteiger partial charge is 0.407 e. The van der Waals surface area contributed by atoms with Crippen LogP contribution < -0.4 is 14.8 Å². The van der Waals surface area contributed by atoms with Gasteiger partial charge in [-0.05, 0) is 24.1 Å². The number of carbonyl (C=O) groups is 1. The number of hydrogen-bond acceptors (Lipinski definition) is 4. The summed E-state index contributed by atoms with van der Waals surface area (Å²) in [6.07, 6.45) is 4.20. The highest BCUT2D eigenvalue weighted by atomic mass is 16.5. The first-order valence-electron chi connectivity index (χ1n) is 8.06. The minimum absolute atomic E-state index is 0.269. The van der Waals surface area contributed by atoms with Crippen molar-refractivity contribution in [1.82, 2.24) is 5.32 Å². The van der Waals surface area contributed by atoms with Crippen LogP contribution in [0.15, 0.2) is 54.6 Å². The normalized spacial score (nSPS) is 10.5. The lowest BCUT2D eigenvalue weighted by molar-refractivity contribution is 0.140. The largest absolute Gasteiger partial charge is 0.497 e. The van der Waals surface area contributed by atoms with Gasteiger partial charge in [-0.15, -0.1) is 0 Å². The maximum Gasteiger partial charge on any atom is 0.407 e. The first kappa shape index (κ1) is 18.4. The molecule has 25 heavy (non-hydrogen) atoms. The summed E-state index contributed by atoms with van der Waals surface area (Å²) in [6, 6.07) is 15.2. The summed E-state index contributed by atoms with van der Waals surface area (Å²) in [6.45, 7) is 0.772. The molecule has 0 fully saturated rings. The summed E-state index contributed by atoms with van der Waals surface area (Å²) in [5.74, 6) is 1.49. The van der Waals surface area contributed by atoms with E-state index in [1.807, 2.05) is 60.7 Å². The highest BCUT2D eigenvalue weighted by molar-refractivity contribution is 5.67. The number of ether oxygens (including phenoxy) is 3. The molecular weight excluding hydrogens is 318 g/mol. The summed E-state index contributed by atoms with van der Waals surface area (Å²) >= 11 is 0. The lowest BCUT2D eigenvalue weighted by Crippen LogP contribution is -2.24. The van der Waals surface area contributed by atoms with Gasteiger partial charge in [-0.25, -0.2) is 4.79 Å². The van der Waals surface area contributed by atoms with E-state index < -0.39 is 6.09 Å². The molecule has 0 saturated carbocycles. The van der Waals surface area contributed by atoms with E-state index in [9.17, 15) is 4.79 Å². The Hall–Kier alpha value is -2.95. The predicted molar refractivity (Wildman–Crippen MR) is 97.8 cm³/mol. The van der Waals surface area contributed by atoms with Crippen molar-refractivity contribution >= 4 is 12.2 Å². The second-order valence-electron chi connectivity index (χ2n) is 5.29. The van der Waals surface area contributed by atoms with Crippen molar-refractivity contribution in [1.29, 1.82) is 0 Å². The van der Waals surface area contributed by atoms with Gasteiger partial charge in [0.15, 0.2) is 0 Å². The molecular formula is C20H23NO4. The van der Waals surface area contributed by atoms with Gasteiger partial charge in [0.2, 0.25) is 0 Å². The zero-order valence-electron chi connectivity index (χ0n) is 14.5. The number of hydrogen-bond donors (Lipinski definition) is 1. The van der Waals surface area contributed by atoms with Gasteiger partial charge < -0.3 is 19.5 Å². The fourth-order valence-corrected chi connectivity index (χ4v) is 2.20. The number of benzene rings is 2. The number of methoxy groups -OCH3 is 2. The summed E-state index contributed by atoms with van der Waals surface area (Å²) in [5.41, 5.74) is 1.92. The second kappa shape index (κ2) is 10.0. The molecule has 0 saturated heterocycles. The second-order valence-corrected chi connectivity index (χ2v) is 5.29. The number of amides is 1. The molecule has 0 atom stereocenters. The molecule has 0 bridgehead atoms. The Balaban J connectivity index is 1.71. The van der Waals surface area contributed by atoms with Crippen LogP contribution in [-0.4, -0.2) is 26.9 Å². The van der Waals surface area contributed by atoms with Crippen LogP contribution in [0.1, 0.15) is 17.5 Å². The monoisotopic (exact) mass is 341 g/mol. The SMILES string of the molecule is COc1ccc(C=CCCNC(=O)OCc2ccccc2)c(OC)c1. The minimum atomic E-state index is -0.417. The average molecular weight is 341 g/mol. The fraction of sp³-hybridized carbons (Fsp3) is 0.250.